The Morgan fingerprint density at radius 3 is 2.93 bits per heavy atom. The number of ether oxygens (including phenoxy) is 1. The van der Waals surface area contributed by atoms with E-state index in [0.29, 0.717) is 11.6 Å². The highest BCUT2D eigenvalue weighted by Gasteiger charge is 2.27. The molecule has 146 valence electrons. The number of morpholine rings is 1. The SMILES string of the molecule is Clc1cccc(-c2cnc(C3COCCN3Cc3cnc4ccccc4c3)[nH]2)c1. The summed E-state index contributed by atoms with van der Waals surface area (Å²) in [6.07, 6.45) is 3.83. The van der Waals surface area contributed by atoms with Gasteiger partial charge in [-0.1, -0.05) is 41.9 Å². The largest absolute Gasteiger partial charge is 0.378 e. The molecule has 3 heterocycles. The molecule has 1 aliphatic heterocycles. The molecule has 1 N–H and O–H groups in total. The van der Waals surface area contributed by atoms with Crippen LogP contribution < -0.4 is 0 Å². The third-order valence-electron chi connectivity index (χ3n) is 5.32. The first-order valence-corrected chi connectivity index (χ1v) is 10.1. The quantitative estimate of drug-likeness (QED) is 0.528. The van der Waals surface area contributed by atoms with Crippen LogP contribution in [0.15, 0.2) is 67.0 Å². The first kappa shape index (κ1) is 18.3. The number of aromatic amines is 1. The van der Waals surface area contributed by atoms with E-state index in [1.54, 1.807) is 0 Å². The lowest BCUT2D eigenvalue weighted by Crippen LogP contribution is -2.39. The Balaban J connectivity index is 1.40. The van der Waals surface area contributed by atoms with E-state index in [-0.39, 0.29) is 6.04 Å². The van der Waals surface area contributed by atoms with Crippen LogP contribution in [0.5, 0.6) is 0 Å². The average molecular weight is 405 g/mol. The van der Waals surface area contributed by atoms with Crippen LogP contribution in [0.3, 0.4) is 0 Å². The van der Waals surface area contributed by atoms with Crippen LogP contribution in [-0.2, 0) is 11.3 Å². The van der Waals surface area contributed by atoms with E-state index >= 15 is 0 Å². The Bertz CT molecular complexity index is 1140. The van der Waals surface area contributed by atoms with Gasteiger partial charge in [-0.3, -0.25) is 9.88 Å². The Labute approximate surface area is 174 Å². The highest BCUT2D eigenvalue weighted by Crippen LogP contribution is 2.28. The first-order valence-electron chi connectivity index (χ1n) is 9.72. The lowest BCUT2D eigenvalue weighted by Gasteiger charge is -2.34. The minimum Gasteiger partial charge on any atom is -0.378 e. The van der Waals surface area contributed by atoms with Gasteiger partial charge in [-0.2, -0.15) is 0 Å². The van der Waals surface area contributed by atoms with Crippen molar-refractivity contribution in [1.29, 1.82) is 0 Å². The van der Waals surface area contributed by atoms with Gasteiger partial charge in [-0.25, -0.2) is 4.98 Å². The van der Waals surface area contributed by atoms with Gasteiger partial charge in [0.05, 0.1) is 36.7 Å². The molecule has 1 unspecified atom stereocenters. The molecular weight excluding hydrogens is 384 g/mol. The fraction of sp³-hybridized carbons (Fsp3) is 0.217. The molecule has 0 radical (unpaired) electrons. The monoisotopic (exact) mass is 404 g/mol. The van der Waals surface area contributed by atoms with Crippen LogP contribution >= 0.6 is 11.6 Å². The smallest absolute Gasteiger partial charge is 0.126 e. The summed E-state index contributed by atoms with van der Waals surface area (Å²) in [6.45, 7) is 2.99. The molecule has 4 aromatic rings. The second kappa shape index (κ2) is 7.95. The summed E-state index contributed by atoms with van der Waals surface area (Å²) in [4.78, 5) is 15.1. The molecular formula is C23H21ClN4O. The summed E-state index contributed by atoms with van der Waals surface area (Å²) in [5.41, 5.74) is 4.20. The number of hydrogen-bond acceptors (Lipinski definition) is 4. The van der Waals surface area contributed by atoms with Crippen molar-refractivity contribution in [2.45, 2.75) is 12.6 Å². The first-order chi connectivity index (χ1) is 14.3. The van der Waals surface area contributed by atoms with Gasteiger partial charge in [0.15, 0.2) is 0 Å². The average Bonchev–Trinajstić information content (AvgIpc) is 3.24. The van der Waals surface area contributed by atoms with Crippen LogP contribution in [-0.4, -0.2) is 39.6 Å². The molecule has 6 heteroatoms. The van der Waals surface area contributed by atoms with Crippen LogP contribution in [0, 0.1) is 0 Å². The molecule has 5 rings (SSSR count). The lowest BCUT2D eigenvalue weighted by molar-refractivity contribution is -0.0156. The summed E-state index contributed by atoms with van der Waals surface area (Å²) < 4.78 is 5.77. The second-order valence-electron chi connectivity index (χ2n) is 7.29. The molecule has 0 amide bonds. The van der Waals surface area contributed by atoms with Crippen LogP contribution in [0.2, 0.25) is 5.02 Å². The molecule has 2 aromatic heterocycles. The predicted molar refractivity (Wildman–Crippen MR) is 115 cm³/mol. The van der Waals surface area contributed by atoms with Crippen molar-refractivity contribution in [2.24, 2.45) is 0 Å². The highest BCUT2D eigenvalue weighted by molar-refractivity contribution is 6.30. The van der Waals surface area contributed by atoms with Gasteiger partial charge in [0.2, 0.25) is 0 Å². The van der Waals surface area contributed by atoms with Crippen molar-refractivity contribution < 1.29 is 4.74 Å². The third kappa shape index (κ3) is 3.90. The zero-order valence-corrected chi connectivity index (χ0v) is 16.6. The van der Waals surface area contributed by atoms with Crippen molar-refractivity contribution in [3.05, 3.63) is 83.4 Å². The molecule has 2 aromatic carbocycles. The number of nitrogens with zero attached hydrogens (tertiary/aromatic N) is 3. The van der Waals surface area contributed by atoms with E-state index in [9.17, 15) is 0 Å². The van der Waals surface area contributed by atoms with E-state index in [0.717, 1.165) is 47.7 Å². The maximum Gasteiger partial charge on any atom is 0.126 e. The van der Waals surface area contributed by atoms with Gasteiger partial charge in [0.25, 0.3) is 0 Å². The van der Waals surface area contributed by atoms with E-state index in [1.807, 2.05) is 54.9 Å². The normalized spacial score (nSPS) is 17.6. The number of pyridine rings is 1. The number of nitrogens with one attached hydrogen (secondary N) is 1. The minimum absolute atomic E-state index is 0.0724. The van der Waals surface area contributed by atoms with Gasteiger partial charge in [-0.15, -0.1) is 0 Å². The van der Waals surface area contributed by atoms with Gasteiger partial charge in [-0.05, 0) is 29.8 Å². The third-order valence-corrected chi connectivity index (χ3v) is 5.55. The maximum absolute atomic E-state index is 6.14. The van der Waals surface area contributed by atoms with Gasteiger partial charge >= 0.3 is 0 Å². The summed E-state index contributed by atoms with van der Waals surface area (Å²) in [5, 5.41) is 1.88. The Kier molecular flexibility index (Phi) is 5.02. The topological polar surface area (TPSA) is 54.0 Å². The number of fused-ring (bicyclic) bond motifs is 1. The van der Waals surface area contributed by atoms with Crippen molar-refractivity contribution in [1.82, 2.24) is 19.9 Å². The number of benzene rings is 2. The van der Waals surface area contributed by atoms with E-state index in [4.69, 9.17) is 16.3 Å². The molecule has 0 bridgehead atoms. The number of para-hydroxylation sites is 1. The summed E-state index contributed by atoms with van der Waals surface area (Å²) in [6, 6.07) is 18.3. The fourth-order valence-corrected chi connectivity index (χ4v) is 4.02. The number of rotatable bonds is 4. The maximum atomic E-state index is 6.14. The lowest BCUT2D eigenvalue weighted by atomic mass is 10.1. The van der Waals surface area contributed by atoms with Crippen LogP contribution in [0.1, 0.15) is 17.4 Å². The standard InChI is InChI=1S/C23H21ClN4O/c24-19-6-3-5-18(11-19)21-13-26-23(27-21)22-15-29-9-8-28(22)14-16-10-17-4-1-2-7-20(17)25-12-16/h1-7,10-13,22H,8-9,14-15H2,(H,26,27). The minimum atomic E-state index is 0.0724. The Hall–Kier alpha value is -2.73. The molecule has 0 aliphatic carbocycles. The molecule has 1 aliphatic rings. The summed E-state index contributed by atoms with van der Waals surface area (Å²) in [5.74, 6) is 0.911. The van der Waals surface area contributed by atoms with E-state index < -0.39 is 0 Å². The zero-order valence-electron chi connectivity index (χ0n) is 15.9. The number of H-pyrrole nitrogens is 1. The van der Waals surface area contributed by atoms with E-state index in [1.165, 1.54) is 5.56 Å². The molecule has 1 atom stereocenters. The number of hydrogen-bond donors (Lipinski definition) is 1. The van der Waals surface area contributed by atoms with Crippen molar-refractivity contribution >= 4 is 22.5 Å². The fourth-order valence-electron chi connectivity index (χ4n) is 3.83. The van der Waals surface area contributed by atoms with Gasteiger partial charge < -0.3 is 9.72 Å². The van der Waals surface area contributed by atoms with Crippen molar-refractivity contribution in [2.75, 3.05) is 19.8 Å². The number of aromatic nitrogens is 3. The van der Waals surface area contributed by atoms with Crippen LogP contribution in [0.4, 0.5) is 0 Å². The Morgan fingerprint density at radius 1 is 1.07 bits per heavy atom. The zero-order chi connectivity index (χ0) is 19.6. The molecule has 0 spiro atoms. The highest BCUT2D eigenvalue weighted by atomic mass is 35.5. The second-order valence-corrected chi connectivity index (χ2v) is 7.73. The number of halogens is 1. The molecule has 0 saturated carbocycles. The summed E-state index contributed by atoms with van der Waals surface area (Å²) in [7, 11) is 0. The molecule has 29 heavy (non-hydrogen) atoms. The van der Waals surface area contributed by atoms with Crippen molar-refractivity contribution in [3.8, 4) is 11.3 Å². The van der Waals surface area contributed by atoms with Gasteiger partial charge in [0, 0.05) is 35.3 Å². The molecule has 1 saturated heterocycles. The molecule has 1 fully saturated rings. The predicted octanol–water partition coefficient (Wildman–Crippen LogP) is 4.85. The van der Waals surface area contributed by atoms with Crippen molar-refractivity contribution in [3.63, 3.8) is 0 Å². The van der Waals surface area contributed by atoms with E-state index in [2.05, 4.69) is 32.0 Å². The van der Waals surface area contributed by atoms with Gasteiger partial charge in [0.1, 0.15) is 5.82 Å². The van der Waals surface area contributed by atoms with Crippen LogP contribution in [0.25, 0.3) is 22.2 Å². The number of imidazole rings is 1. The molecule has 5 nitrogen and oxygen atoms in total. The summed E-state index contributed by atoms with van der Waals surface area (Å²) >= 11 is 6.14. The Morgan fingerprint density at radius 2 is 2.00 bits per heavy atom.